The molecule has 0 fully saturated rings. The molecular formula is C17H15ClF3NO4S. The number of rotatable bonds is 6. The smallest absolute Gasteiger partial charge is 0.422 e. The van der Waals surface area contributed by atoms with Crippen LogP contribution >= 0.6 is 11.6 Å². The zero-order chi connectivity index (χ0) is 20.2. The summed E-state index contributed by atoms with van der Waals surface area (Å²) in [6.07, 6.45) is -3.45. The number of nitrogens with one attached hydrogen (secondary N) is 1. The molecule has 2 aromatic rings. The van der Waals surface area contributed by atoms with Crippen LogP contribution in [0.15, 0.2) is 47.4 Å². The van der Waals surface area contributed by atoms with Gasteiger partial charge in [0.25, 0.3) is 5.91 Å². The highest BCUT2D eigenvalue weighted by atomic mass is 35.5. The summed E-state index contributed by atoms with van der Waals surface area (Å²) < 4.78 is 64.4. The topological polar surface area (TPSA) is 72.5 Å². The zero-order valence-electron chi connectivity index (χ0n) is 14.0. The van der Waals surface area contributed by atoms with Gasteiger partial charge in [-0.05, 0) is 35.9 Å². The number of carbonyl (C=O) groups excluding carboxylic acids is 1. The van der Waals surface area contributed by atoms with E-state index in [1.165, 1.54) is 30.3 Å². The second-order valence-corrected chi connectivity index (χ2v) is 8.07. The average Bonchev–Trinajstić information content (AvgIpc) is 2.57. The minimum atomic E-state index is -4.45. The lowest BCUT2D eigenvalue weighted by atomic mass is 10.2. The van der Waals surface area contributed by atoms with E-state index in [9.17, 15) is 26.4 Å². The minimum absolute atomic E-state index is 0.0104. The van der Waals surface area contributed by atoms with E-state index in [0.717, 1.165) is 12.3 Å². The molecule has 2 rings (SSSR count). The summed E-state index contributed by atoms with van der Waals surface area (Å²) in [5.41, 5.74) is 0.475. The molecule has 0 bridgehead atoms. The molecule has 5 nitrogen and oxygen atoms in total. The van der Waals surface area contributed by atoms with Gasteiger partial charge in [0.1, 0.15) is 5.75 Å². The van der Waals surface area contributed by atoms with Gasteiger partial charge in [-0.15, -0.1) is 0 Å². The fourth-order valence-corrected chi connectivity index (χ4v) is 2.95. The van der Waals surface area contributed by atoms with Crippen LogP contribution in [0.25, 0.3) is 0 Å². The number of hydrogen-bond acceptors (Lipinski definition) is 4. The van der Waals surface area contributed by atoms with Crippen molar-refractivity contribution < 1.29 is 31.1 Å². The summed E-state index contributed by atoms with van der Waals surface area (Å²) in [6, 6.07) is 9.56. The van der Waals surface area contributed by atoms with Gasteiger partial charge in [0.2, 0.25) is 0 Å². The molecule has 146 valence electrons. The Labute approximate surface area is 159 Å². The van der Waals surface area contributed by atoms with Crippen LogP contribution in [0.2, 0.25) is 5.02 Å². The molecule has 2 aromatic carbocycles. The number of hydrogen-bond donors (Lipinski definition) is 1. The Morgan fingerprint density at radius 1 is 1.19 bits per heavy atom. The third-order valence-electron chi connectivity index (χ3n) is 3.36. The van der Waals surface area contributed by atoms with Crippen molar-refractivity contribution >= 4 is 27.3 Å². The van der Waals surface area contributed by atoms with Gasteiger partial charge in [-0.2, -0.15) is 13.2 Å². The first-order valence-electron chi connectivity index (χ1n) is 7.52. The van der Waals surface area contributed by atoms with E-state index in [1.54, 1.807) is 6.07 Å². The Balaban J connectivity index is 2.08. The first-order valence-corrected chi connectivity index (χ1v) is 9.79. The first-order chi connectivity index (χ1) is 12.5. The highest BCUT2D eigenvalue weighted by molar-refractivity contribution is 7.90. The first kappa shape index (κ1) is 21.0. The molecule has 0 radical (unpaired) electrons. The molecule has 0 aromatic heterocycles. The Hall–Kier alpha value is -2.26. The number of halogens is 4. The SMILES string of the molecule is CS(=O)(=O)c1ccc(Cl)c(C(=O)NCc2cccc(OCC(F)(F)F)c2)c1. The minimum Gasteiger partial charge on any atom is -0.484 e. The highest BCUT2D eigenvalue weighted by Gasteiger charge is 2.28. The number of sulfone groups is 1. The standard InChI is InChI=1S/C17H15ClF3NO4S/c1-27(24,25)13-5-6-15(18)14(8-13)16(23)22-9-11-3-2-4-12(7-11)26-10-17(19,20)21/h2-8H,9-10H2,1H3,(H,22,23). The van der Waals surface area contributed by atoms with Gasteiger partial charge in [0.05, 0.1) is 15.5 Å². The van der Waals surface area contributed by atoms with Crippen molar-refractivity contribution in [3.8, 4) is 5.75 Å². The predicted octanol–water partition coefficient (Wildman–Crippen LogP) is 3.61. The summed E-state index contributed by atoms with van der Waals surface area (Å²) in [4.78, 5) is 12.2. The summed E-state index contributed by atoms with van der Waals surface area (Å²) in [7, 11) is -3.51. The summed E-state index contributed by atoms with van der Waals surface area (Å²) in [6.45, 7) is -1.43. The van der Waals surface area contributed by atoms with Crippen molar-refractivity contribution in [1.82, 2.24) is 5.32 Å². The van der Waals surface area contributed by atoms with Crippen LogP contribution < -0.4 is 10.1 Å². The van der Waals surface area contributed by atoms with Crippen molar-refractivity contribution in [2.75, 3.05) is 12.9 Å². The van der Waals surface area contributed by atoms with Crippen LogP contribution in [0.4, 0.5) is 13.2 Å². The normalized spacial score (nSPS) is 11.9. The van der Waals surface area contributed by atoms with Crippen LogP contribution in [0, 0.1) is 0 Å². The van der Waals surface area contributed by atoms with Crippen LogP contribution in [0.3, 0.4) is 0 Å². The maximum Gasteiger partial charge on any atom is 0.422 e. The largest absolute Gasteiger partial charge is 0.484 e. The second kappa shape index (κ2) is 8.18. The molecule has 0 unspecified atom stereocenters. The van der Waals surface area contributed by atoms with Crippen molar-refractivity contribution in [3.05, 3.63) is 58.6 Å². The Bertz CT molecular complexity index is 945. The molecule has 1 amide bonds. The Morgan fingerprint density at radius 3 is 2.52 bits per heavy atom. The van der Waals surface area contributed by atoms with Crippen molar-refractivity contribution in [1.29, 1.82) is 0 Å². The zero-order valence-corrected chi connectivity index (χ0v) is 15.6. The highest BCUT2D eigenvalue weighted by Crippen LogP contribution is 2.22. The maximum absolute atomic E-state index is 12.3. The number of alkyl halides is 3. The van der Waals surface area contributed by atoms with Crippen molar-refractivity contribution in [2.24, 2.45) is 0 Å². The van der Waals surface area contributed by atoms with E-state index in [4.69, 9.17) is 11.6 Å². The molecule has 0 aliphatic carbocycles. The summed E-state index contributed by atoms with van der Waals surface area (Å²) in [5, 5.41) is 2.61. The third kappa shape index (κ3) is 6.44. The molecule has 0 spiro atoms. The third-order valence-corrected chi connectivity index (χ3v) is 4.80. The molecular weight excluding hydrogens is 407 g/mol. The van der Waals surface area contributed by atoms with Gasteiger partial charge < -0.3 is 10.1 Å². The van der Waals surface area contributed by atoms with Crippen molar-refractivity contribution in [2.45, 2.75) is 17.6 Å². The second-order valence-electron chi connectivity index (χ2n) is 5.65. The molecule has 0 atom stereocenters. The lowest BCUT2D eigenvalue weighted by Crippen LogP contribution is -2.23. The van der Waals surface area contributed by atoms with E-state index < -0.39 is 28.5 Å². The predicted molar refractivity (Wildman–Crippen MR) is 93.7 cm³/mol. The van der Waals surface area contributed by atoms with Crippen LogP contribution in [-0.2, 0) is 16.4 Å². The van der Waals surface area contributed by atoms with Gasteiger partial charge >= 0.3 is 6.18 Å². The van der Waals surface area contributed by atoms with Gasteiger partial charge in [-0.1, -0.05) is 23.7 Å². The van der Waals surface area contributed by atoms with E-state index in [1.807, 2.05) is 0 Å². The van der Waals surface area contributed by atoms with Crippen LogP contribution in [-0.4, -0.2) is 33.4 Å². The van der Waals surface area contributed by atoms with Crippen LogP contribution in [0.5, 0.6) is 5.75 Å². The molecule has 1 N–H and O–H groups in total. The lowest BCUT2D eigenvalue weighted by molar-refractivity contribution is -0.153. The molecule has 10 heteroatoms. The Kier molecular flexibility index (Phi) is 6.38. The molecule has 0 heterocycles. The van der Waals surface area contributed by atoms with Crippen molar-refractivity contribution in [3.63, 3.8) is 0 Å². The van der Waals surface area contributed by atoms with Gasteiger partial charge in [-0.25, -0.2) is 8.42 Å². The average molecular weight is 422 g/mol. The van der Waals surface area contributed by atoms with Gasteiger partial charge in [-0.3, -0.25) is 4.79 Å². The maximum atomic E-state index is 12.3. The van der Waals surface area contributed by atoms with E-state index in [2.05, 4.69) is 10.1 Å². The number of benzene rings is 2. The fraction of sp³-hybridized carbons (Fsp3) is 0.235. The fourth-order valence-electron chi connectivity index (χ4n) is 2.10. The van der Waals surface area contributed by atoms with Gasteiger partial charge in [0.15, 0.2) is 16.4 Å². The van der Waals surface area contributed by atoms with E-state index >= 15 is 0 Å². The quantitative estimate of drug-likeness (QED) is 0.773. The monoisotopic (exact) mass is 421 g/mol. The van der Waals surface area contributed by atoms with Crippen LogP contribution in [0.1, 0.15) is 15.9 Å². The van der Waals surface area contributed by atoms with Gasteiger partial charge in [0, 0.05) is 12.8 Å². The molecule has 27 heavy (non-hydrogen) atoms. The Morgan fingerprint density at radius 2 is 1.89 bits per heavy atom. The molecule has 0 saturated heterocycles. The summed E-state index contributed by atoms with van der Waals surface area (Å²) >= 11 is 5.95. The molecule has 0 aliphatic heterocycles. The summed E-state index contributed by atoms with van der Waals surface area (Å²) in [5.74, 6) is -0.608. The van der Waals surface area contributed by atoms with E-state index in [0.29, 0.717) is 5.56 Å². The number of amides is 1. The molecule has 0 aliphatic rings. The molecule has 0 saturated carbocycles. The van der Waals surface area contributed by atoms with E-state index in [-0.39, 0.29) is 27.8 Å². The number of ether oxygens (including phenoxy) is 1. The lowest BCUT2D eigenvalue weighted by Gasteiger charge is -2.11. The number of carbonyl (C=O) groups is 1.